The van der Waals surface area contributed by atoms with E-state index in [1.165, 1.54) is 18.4 Å². The van der Waals surface area contributed by atoms with Gasteiger partial charge in [0.15, 0.2) is 5.11 Å². The van der Waals surface area contributed by atoms with E-state index in [0.29, 0.717) is 6.04 Å². The molecule has 1 unspecified atom stereocenters. The summed E-state index contributed by atoms with van der Waals surface area (Å²) in [6.07, 6.45) is 3.51. The number of hydrogen-bond donors (Lipinski definition) is 1. The Kier molecular flexibility index (Phi) is 5.38. The first-order valence-electron chi connectivity index (χ1n) is 7.41. The molecule has 3 nitrogen and oxygen atoms in total. The van der Waals surface area contributed by atoms with Crippen LogP contribution in [0.3, 0.4) is 0 Å². The van der Waals surface area contributed by atoms with Gasteiger partial charge in [0.05, 0.1) is 0 Å². The minimum atomic E-state index is 0.541. The molecule has 0 radical (unpaired) electrons. The van der Waals surface area contributed by atoms with Gasteiger partial charge < -0.3 is 15.1 Å². The maximum absolute atomic E-state index is 5.60. The molecular weight excluding hydrogens is 266 g/mol. The lowest BCUT2D eigenvalue weighted by atomic mass is 10.1. The number of aryl methyl sites for hydroxylation is 1. The summed E-state index contributed by atoms with van der Waals surface area (Å²) in [5, 5.41) is 4.26. The number of nitrogens with zero attached hydrogens (tertiary/aromatic N) is 2. The molecule has 0 saturated carbocycles. The van der Waals surface area contributed by atoms with E-state index in [1.54, 1.807) is 0 Å². The summed E-state index contributed by atoms with van der Waals surface area (Å²) in [5.74, 6) is 0. The molecule has 1 aromatic carbocycles. The lowest BCUT2D eigenvalue weighted by molar-refractivity contribution is 0.288. The van der Waals surface area contributed by atoms with Crippen molar-refractivity contribution in [1.82, 2.24) is 9.80 Å². The Balaban J connectivity index is 1.99. The quantitative estimate of drug-likeness (QED) is 0.859. The van der Waals surface area contributed by atoms with Crippen molar-refractivity contribution in [2.75, 3.05) is 32.5 Å². The van der Waals surface area contributed by atoms with E-state index in [9.17, 15) is 0 Å². The van der Waals surface area contributed by atoms with Crippen molar-refractivity contribution in [2.45, 2.75) is 32.2 Å². The lowest BCUT2D eigenvalue weighted by Crippen LogP contribution is -2.43. The summed E-state index contributed by atoms with van der Waals surface area (Å²) in [6.45, 7) is 4.31. The summed E-state index contributed by atoms with van der Waals surface area (Å²) in [4.78, 5) is 4.58. The van der Waals surface area contributed by atoms with Gasteiger partial charge in [-0.2, -0.15) is 0 Å². The highest BCUT2D eigenvalue weighted by atomic mass is 32.1. The third-order valence-corrected chi connectivity index (χ3v) is 4.14. The molecule has 2 rings (SSSR count). The topological polar surface area (TPSA) is 18.5 Å². The monoisotopic (exact) mass is 291 g/mol. The third kappa shape index (κ3) is 3.93. The van der Waals surface area contributed by atoms with Crippen LogP contribution >= 0.6 is 12.2 Å². The maximum Gasteiger partial charge on any atom is 0.173 e. The number of rotatable bonds is 4. The molecule has 20 heavy (non-hydrogen) atoms. The summed E-state index contributed by atoms with van der Waals surface area (Å²) in [5.41, 5.74) is 2.44. The van der Waals surface area contributed by atoms with E-state index >= 15 is 0 Å². The van der Waals surface area contributed by atoms with E-state index in [4.69, 9.17) is 12.2 Å². The highest BCUT2D eigenvalue weighted by Crippen LogP contribution is 2.20. The van der Waals surface area contributed by atoms with Crippen molar-refractivity contribution in [3.63, 3.8) is 0 Å². The second kappa shape index (κ2) is 7.04. The number of anilines is 1. The number of likely N-dealkylation sites (N-methyl/N-ethyl adjacent to an activating group) is 1. The highest BCUT2D eigenvalue weighted by Gasteiger charge is 2.26. The standard InChI is InChI=1S/C16H25N3S/c1-4-13-7-5-8-14(11-13)17-16(20)19-10-6-9-15(19)12-18(2)3/h5,7-8,11,15H,4,6,9-10,12H2,1-3H3,(H,17,20). The van der Waals surface area contributed by atoms with Gasteiger partial charge in [0.25, 0.3) is 0 Å². The molecule has 1 aliphatic rings. The van der Waals surface area contributed by atoms with Crippen LogP contribution in [0.25, 0.3) is 0 Å². The number of hydrogen-bond acceptors (Lipinski definition) is 2. The number of benzene rings is 1. The molecule has 1 fully saturated rings. The fourth-order valence-electron chi connectivity index (χ4n) is 2.78. The number of likely N-dealkylation sites (tertiary alicyclic amines) is 1. The van der Waals surface area contributed by atoms with Crippen LogP contribution in [0, 0.1) is 0 Å². The Labute approximate surface area is 128 Å². The molecule has 1 aromatic rings. The Morgan fingerprint density at radius 3 is 2.95 bits per heavy atom. The van der Waals surface area contributed by atoms with Crippen molar-refractivity contribution in [2.24, 2.45) is 0 Å². The van der Waals surface area contributed by atoms with Crippen molar-refractivity contribution < 1.29 is 0 Å². The predicted molar refractivity (Wildman–Crippen MR) is 90.3 cm³/mol. The minimum absolute atomic E-state index is 0.541. The summed E-state index contributed by atoms with van der Waals surface area (Å²) >= 11 is 5.60. The molecule has 0 spiro atoms. The largest absolute Gasteiger partial charge is 0.345 e. The maximum atomic E-state index is 5.60. The average Bonchev–Trinajstić information content (AvgIpc) is 2.86. The first kappa shape index (κ1) is 15.3. The van der Waals surface area contributed by atoms with Crippen LogP contribution in [0.15, 0.2) is 24.3 Å². The van der Waals surface area contributed by atoms with Crippen LogP contribution in [0.5, 0.6) is 0 Å². The third-order valence-electron chi connectivity index (χ3n) is 3.80. The van der Waals surface area contributed by atoms with Gasteiger partial charge in [-0.15, -0.1) is 0 Å². The molecule has 110 valence electrons. The molecule has 1 N–H and O–H groups in total. The Hall–Kier alpha value is -1.13. The molecule has 0 aliphatic carbocycles. The van der Waals surface area contributed by atoms with Crippen molar-refractivity contribution >= 4 is 23.0 Å². The average molecular weight is 291 g/mol. The van der Waals surface area contributed by atoms with Gasteiger partial charge in [-0.25, -0.2) is 0 Å². The predicted octanol–water partition coefficient (Wildman–Crippen LogP) is 2.97. The smallest absolute Gasteiger partial charge is 0.173 e. The van der Waals surface area contributed by atoms with Crippen LogP contribution in [0.1, 0.15) is 25.3 Å². The zero-order chi connectivity index (χ0) is 14.5. The molecule has 1 atom stereocenters. The van der Waals surface area contributed by atoms with Crippen molar-refractivity contribution in [3.8, 4) is 0 Å². The first-order chi connectivity index (χ1) is 9.60. The second-order valence-electron chi connectivity index (χ2n) is 5.74. The lowest BCUT2D eigenvalue weighted by Gasteiger charge is -2.29. The second-order valence-corrected chi connectivity index (χ2v) is 6.12. The van der Waals surface area contributed by atoms with Crippen LogP contribution in [-0.2, 0) is 6.42 Å². The zero-order valence-corrected chi connectivity index (χ0v) is 13.5. The first-order valence-corrected chi connectivity index (χ1v) is 7.82. The molecule has 1 saturated heterocycles. The normalized spacial score (nSPS) is 18.6. The summed E-state index contributed by atoms with van der Waals surface area (Å²) in [6, 6.07) is 9.05. The van der Waals surface area contributed by atoms with E-state index in [0.717, 1.165) is 30.3 Å². The van der Waals surface area contributed by atoms with Crippen molar-refractivity contribution in [1.29, 1.82) is 0 Å². The van der Waals surface area contributed by atoms with Crippen LogP contribution in [0.2, 0.25) is 0 Å². The molecule has 0 bridgehead atoms. The zero-order valence-electron chi connectivity index (χ0n) is 12.7. The fourth-order valence-corrected chi connectivity index (χ4v) is 3.14. The van der Waals surface area contributed by atoms with Crippen LogP contribution in [0.4, 0.5) is 5.69 Å². The van der Waals surface area contributed by atoms with E-state index in [-0.39, 0.29) is 0 Å². The summed E-state index contributed by atoms with van der Waals surface area (Å²) < 4.78 is 0. The van der Waals surface area contributed by atoms with E-state index < -0.39 is 0 Å². The van der Waals surface area contributed by atoms with Gasteiger partial charge in [-0.05, 0) is 63.3 Å². The molecule has 4 heteroatoms. The molecular formula is C16H25N3S. The van der Waals surface area contributed by atoms with E-state index in [1.807, 2.05) is 0 Å². The molecule has 0 amide bonds. The molecule has 1 aliphatic heterocycles. The van der Waals surface area contributed by atoms with E-state index in [2.05, 4.69) is 60.4 Å². The van der Waals surface area contributed by atoms with Crippen LogP contribution in [-0.4, -0.2) is 48.1 Å². The van der Waals surface area contributed by atoms with Gasteiger partial charge in [-0.1, -0.05) is 19.1 Å². The van der Waals surface area contributed by atoms with Crippen LogP contribution < -0.4 is 5.32 Å². The van der Waals surface area contributed by atoms with Gasteiger partial charge in [0.1, 0.15) is 0 Å². The molecule has 0 aromatic heterocycles. The van der Waals surface area contributed by atoms with Gasteiger partial charge in [0.2, 0.25) is 0 Å². The molecule has 1 heterocycles. The van der Waals surface area contributed by atoms with Crippen molar-refractivity contribution in [3.05, 3.63) is 29.8 Å². The summed E-state index contributed by atoms with van der Waals surface area (Å²) in [7, 11) is 4.25. The SMILES string of the molecule is CCc1cccc(NC(=S)N2CCCC2CN(C)C)c1. The Morgan fingerprint density at radius 1 is 1.45 bits per heavy atom. The highest BCUT2D eigenvalue weighted by molar-refractivity contribution is 7.80. The Morgan fingerprint density at radius 2 is 2.25 bits per heavy atom. The Bertz CT molecular complexity index is 459. The number of thiocarbonyl (C=S) groups is 1. The van der Waals surface area contributed by atoms with Gasteiger partial charge in [-0.3, -0.25) is 0 Å². The minimum Gasteiger partial charge on any atom is -0.345 e. The fraction of sp³-hybridized carbons (Fsp3) is 0.562. The number of nitrogens with one attached hydrogen (secondary N) is 1. The van der Waals surface area contributed by atoms with Gasteiger partial charge in [0, 0.05) is 24.8 Å². The van der Waals surface area contributed by atoms with Gasteiger partial charge >= 0.3 is 0 Å².